The van der Waals surface area contributed by atoms with Crippen molar-refractivity contribution >= 4 is 60.6 Å². The standard InChI is InChI=1S/C22H19N3O4S3/c1-29-19-10-6-5-9-17(19)23-21(26)14-30-22-24-18-12-11-15(13-20(18)31-22)25-32(27,28)16-7-3-2-4-8-16/h2-13,25H,14H2,1H3,(H,23,26). The number of hydrogen-bond acceptors (Lipinski definition) is 7. The minimum atomic E-state index is -3.67. The Morgan fingerprint density at radius 2 is 1.81 bits per heavy atom. The number of nitrogens with one attached hydrogen (secondary N) is 2. The minimum Gasteiger partial charge on any atom is -0.495 e. The normalized spacial score (nSPS) is 11.3. The number of thioether (sulfide) groups is 1. The van der Waals surface area contributed by atoms with Crippen molar-refractivity contribution < 1.29 is 17.9 Å². The first-order chi connectivity index (χ1) is 15.4. The summed E-state index contributed by atoms with van der Waals surface area (Å²) in [5, 5.41) is 2.83. The number of ether oxygens (including phenoxy) is 1. The molecule has 0 saturated carbocycles. The van der Waals surface area contributed by atoms with Crippen LogP contribution in [0, 0.1) is 0 Å². The van der Waals surface area contributed by atoms with Gasteiger partial charge in [-0.2, -0.15) is 0 Å². The number of para-hydroxylation sites is 2. The van der Waals surface area contributed by atoms with Crippen molar-refractivity contribution in [2.24, 2.45) is 0 Å². The minimum absolute atomic E-state index is 0.171. The van der Waals surface area contributed by atoms with Crippen LogP contribution in [0.1, 0.15) is 0 Å². The molecule has 3 aromatic carbocycles. The van der Waals surface area contributed by atoms with Crippen molar-refractivity contribution in [3.8, 4) is 5.75 Å². The van der Waals surface area contributed by atoms with E-state index in [2.05, 4.69) is 15.0 Å². The Labute approximate surface area is 193 Å². The van der Waals surface area contributed by atoms with Gasteiger partial charge in [0.15, 0.2) is 4.34 Å². The van der Waals surface area contributed by atoms with Crippen molar-refractivity contribution in [1.82, 2.24) is 4.98 Å². The molecule has 7 nitrogen and oxygen atoms in total. The molecular weight excluding hydrogens is 466 g/mol. The van der Waals surface area contributed by atoms with Crippen molar-refractivity contribution in [3.63, 3.8) is 0 Å². The number of sulfonamides is 1. The zero-order valence-electron chi connectivity index (χ0n) is 16.9. The number of carbonyl (C=O) groups is 1. The number of methoxy groups -OCH3 is 1. The average molecular weight is 486 g/mol. The van der Waals surface area contributed by atoms with Gasteiger partial charge in [0.2, 0.25) is 5.91 Å². The lowest BCUT2D eigenvalue weighted by atomic mass is 10.3. The monoisotopic (exact) mass is 485 g/mol. The second-order valence-electron chi connectivity index (χ2n) is 6.62. The molecule has 0 aliphatic carbocycles. The maximum Gasteiger partial charge on any atom is 0.261 e. The Morgan fingerprint density at radius 3 is 2.59 bits per heavy atom. The van der Waals surface area contributed by atoms with Gasteiger partial charge in [-0.1, -0.05) is 42.1 Å². The van der Waals surface area contributed by atoms with E-state index in [-0.39, 0.29) is 16.6 Å². The first-order valence-corrected chi connectivity index (χ1v) is 12.8. The van der Waals surface area contributed by atoms with Crippen LogP contribution in [0.25, 0.3) is 10.2 Å². The highest BCUT2D eigenvalue weighted by Crippen LogP contribution is 2.32. The van der Waals surface area contributed by atoms with Gasteiger partial charge >= 0.3 is 0 Å². The summed E-state index contributed by atoms with van der Waals surface area (Å²) in [6, 6.07) is 20.6. The molecule has 32 heavy (non-hydrogen) atoms. The Kier molecular flexibility index (Phi) is 6.63. The third kappa shape index (κ3) is 5.21. The molecule has 164 valence electrons. The first kappa shape index (κ1) is 22.1. The summed E-state index contributed by atoms with van der Waals surface area (Å²) < 4.78 is 34.5. The summed E-state index contributed by atoms with van der Waals surface area (Å²) in [6.07, 6.45) is 0. The molecule has 4 rings (SSSR count). The number of rotatable bonds is 8. The van der Waals surface area contributed by atoms with Crippen molar-refractivity contribution in [2.75, 3.05) is 22.9 Å². The van der Waals surface area contributed by atoms with E-state index >= 15 is 0 Å². The van der Waals surface area contributed by atoms with E-state index in [1.807, 2.05) is 12.1 Å². The molecule has 0 radical (unpaired) electrons. The van der Waals surface area contributed by atoms with Gasteiger partial charge in [0, 0.05) is 0 Å². The van der Waals surface area contributed by atoms with E-state index in [0.717, 1.165) is 14.6 Å². The van der Waals surface area contributed by atoms with Gasteiger partial charge in [-0.15, -0.1) is 11.3 Å². The molecule has 1 heterocycles. The third-order valence-electron chi connectivity index (χ3n) is 4.38. The molecule has 1 amide bonds. The Bertz CT molecular complexity index is 1360. The number of amides is 1. The van der Waals surface area contributed by atoms with E-state index in [1.54, 1.807) is 67.8 Å². The fraction of sp³-hybridized carbons (Fsp3) is 0.0909. The summed E-state index contributed by atoms with van der Waals surface area (Å²) in [4.78, 5) is 17.0. The van der Waals surface area contributed by atoms with E-state index in [1.165, 1.54) is 23.1 Å². The average Bonchev–Trinajstić information content (AvgIpc) is 3.21. The van der Waals surface area contributed by atoms with Gasteiger partial charge < -0.3 is 10.1 Å². The predicted octanol–water partition coefficient (Wildman–Crippen LogP) is 4.84. The van der Waals surface area contributed by atoms with Crippen molar-refractivity contribution in [2.45, 2.75) is 9.24 Å². The van der Waals surface area contributed by atoms with Crippen molar-refractivity contribution in [3.05, 3.63) is 72.8 Å². The van der Waals surface area contributed by atoms with Gasteiger partial charge in [-0.05, 0) is 42.5 Å². The summed E-state index contributed by atoms with van der Waals surface area (Å²) >= 11 is 2.72. The number of benzene rings is 3. The lowest BCUT2D eigenvalue weighted by molar-refractivity contribution is -0.113. The van der Waals surface area contributed by atoms with E-state index < -0.39 is 10.0 Å². The zero-order valence-corrected chi connectivity index (χ0v) is 19.4. The summed E-state index contributed by atoms with van der Waals surface area (Å²) in [7, 11) is -2.12. The van der Waals surface area contributed by atoms with Crippen LogP contribution in [-0.2, 0) is 14.8 Å². The smallest absolute Gasteiger partial charge is 0.261 e. The van der Waals surface area contributed by atoms with Gasteiger partial charge in [0.25, 0.3) is 10.0 Å². The Hall–Kier alpha value is -3.08. The van der Waals surface area contributed by atoms with Crippen molar-refractivity contribution in [1.29, 1.82) is 0 Å². The Balaban J connectivity index is 1.42. The molecule has 10 heteroatoms. The summed E-state index contributed by atoms with van der Waals surface area (Å²) in [5.74, 6) is 0.608. The van der Waals surface area contributed by atoms with Crippen LogP contribution >= 0.6 is 23.1 Å². The fourth-order valence-corrected chi connectivity index (χ4v) is 5.88. The van der Waals surface area contributed by atoms with Gasteiger partial charge in [-0.3, -0.25) is 9.52 Å². The van der Waals surface area contributed by atoms with E-state index in [4.69, 9.17) is 4.74 Å². The van der Waals surface area contributed by atoms with E-state index in [9.17, 15) is 13.2 Å². The molecule has 0 unspecified atom stereocenters. The maximum atomic E-state index is 12.5. The number of fused-ring (bicyclic) bond motifs is 1. The predicted molar refractivity (Wildman–Crippen MR) is 129 cm³/mol. The number of thiazole rings is 1. The van der Waals surface area contributed by atoms with Crippen LogP contribution in [0.2, 0.25) is 0 Å². The van der Waals surface area contributed by atoms with Crippen LogP contribution in [0.3, 0.4) is 0 Å². The molecule has 0 atom stereocenters. The quantitative estimate of drug-likeness (QED) is 0.347. The molecule has 0 saturated heterocycles. The van der Waals surface area contributed by atoms with Crippen LogP contribution < -0.4 is 14.8 Å². The number of carbonyl (C=O) groups excluding carboxylic acids is 1. The first-order valence-electron chi connectivity index (χ1n) is 9.49. The maximum absolute atomic E-state index is 12.5. The lowest BCUT2D eigenvalue weighted by Crippen LogP contribution is -2.14. The Morgan fingerprint density at radius 1 is 1.06 bits per heavy atom. The second-order valence-corrected chi connectivity index (χ2v) is 10.6. The van der Waals surface area contributed by atoms with Gasteiger partial charge in [0.05, 0.1) is 39.3 Å². The third-order valence-corrected chi connectivity index (χ3v) is 7.94. The molecule has 0 spiro atoms. The molecule has 0 fully saturated rings. The van der Waals surface area contributed by atoms with E-state index in [0.29, 0.717) is 17.1 Å². The zero-order chi connectivity index (χ0) is 22.6. The number of aromatic nitrogens is 1. The van der Waals surface area contributed by atoms with Gasteiger partial charge in [-0.25, -0.2) is 13.4 Å². The largest absolute Gasteiger partial charge is 0.495 e. The van der Waals surface area contributed by atoms with Gasteiger partial charge in [0.1, 0.15) is 5.75 Å². The number of hydrogen-bond donors (Lipinski definition) is 2. The molecule has 0 bridgehead atoms. The topological polar surface area (TPSA) is 97.4 Å². The van der Waals surface area contributed by atoms with Crippen LogP contribution in [0.5, 0.6) is 5.75 Å². The highest BCUT2D eigenvalue weighted by molar-refractivity contribution is 8.01. The molecule has 0 aliphatic heterocycles. The summed E-state index contributed by atoms with van der Waals surface area (Å²) in [6.45, 7) is 0. The molecule has 1 aromatic heterocycles. The lowest BCUT2D eigenvalue weighted by Gasteiger charge is -2.09. The molecule has 4 aromatic rings. The highest BCUT2D eigenvalue weighted by atomic mass is 32.2. The number of nitrogens with zero attached hydrogens (tertiary/aromatic N) is 1. The van der Waals surface area contributed by atoms with Crippen LogP contribution in [-0.4, -0.2) is 32.2 Å². The fourth-order valence-electron chi connectivity index (χ4n) is 2.90. The second kappa shape index (κ2) is 9.60. The molecular formula is C22H19N3O4S3. The number of anilines is 2. The van der Waals surface area contributed by atoms with Crippen LogP contribution in [0.15, 0.2) is 82.0 Å². The summed E-state index contributed by atoms with van der Waals surface area (Å²) in [5.41, 5.74) is 1.81. The SMILES string of the molecule is COc1ccccc1NC(=O)CSc1nc2ccc(NS(=O)(=O)c3ccccc3)cc2s1. The molecule has 2 N–H and O–H groups in total. The molecule has 0 aliphatic rings. The van der Waals surface area contributed by atoms with Crippen LogP contribution in [0.4, 0.5) is 11.4 Å². The highest BCUT2D eigenvalue weighted by Gasteiger charge is 2.15.